The summed E-state index contributed by atoms with van der Waals surface area (Å²) in [5.74, 6) is 0.663. The molecule has 0 unspecified atom stereocenters. The molecule has 0 radical (unpaired) electrons. The number of hydrogen-bond acceptors (Lipinski definition) is 4. The molecule has 0 atom stereocenters. The molecule has 27 heavy (non-hydrogen) atoms. The van der Waals surface area contributed by atoms with Crippen LogP contribution in [0.3, 0.4) is 0 Å². The minimum absolute atomic E-state index is 0.0872. The highest BCUT2D eigenvalue weighted by Gasteiger charge is 2.23. The van der Waals surface area contributed by atoms with Crippen LogP contribution in [0.1, 0.15) is 40.5 Å². The average Bonchev–Trinajstić information content (AvgIpc) is 3.46. The van der Waals surface area contributed by atoms with Crippen LogP contribution in [0.15, 0.2) is 40.9 Å². The lowest BCUT2D eigenvalue weighted by atomic mass is 10.1. The van der Waals surface area contributed by atoms with E-state index in [0.29, 0.717) is 45.4 Å². The molecule has 0 aliphatic heterocycles. The van der Waals surface area contributed by atoms with E-state index in [4.69, 9.17) is 9.47 Å². The van der Waals surface area contributed by atoms with Gasteiger partial charge in [0.2, 0.25) is 0 Å². The summed E-state index contributed by atoms with van der Waals surface area (Å²) in [6.45, 7) is 2.32. The van der Waals surface area contributed by atoms with Gasteiger partial charge in [0.05, 0.1) is 18.2 Å². The first-order chi connectivity index (χ1) is 13.0. The van der Waals surface area contributed by atoms with E-state index in [-0.39, 0.29) is 11.8 Å². The Labute approximate surface area is 166 Å². The Balaban J connectivity index is 1.71. The molecule has 0 aromatic heterocycles. The van der Waals surface area contributed by atoms with Gasteiger partial charge in [0.1, 0.15) is 0 Å². The van der Waals surface area contributed by atoms with Crippen LogP contribution in [-0.2, 0) is 0 Å². The van der Waals surface area contributed by atoms with Crippen LogP contribution >= 0.6 is 15.9 Å². The molecule has 0 spiro atoms. The number of benzene rings is 2. The maximum atomic E-state index is 12.6. The van der Waals surface area contributed by atoms with Crippen molar-refractivity contribution in [3.05, 3.63) is 52.0 Å². The minimum atomic E-state index is -0.283. The van der Waals surface area contributed by atoms with Crippen LogP contribution in [-0.4, -0.2) is 31.6 Å². The van der Waals surface area contributed by atoms with E-state index in [0.717, 1.165) is 12.8 Å². The molecule has 2 N–H and O–H groups in total. The van der Waals surface area contributed by atoms with Gasteiger partial charge < -0.3 is 20.1 Å². The number of methoxy groups -OCH3 is 1. The first-order valence-corrected chi connectivity index (χ1v) is 9.53. The number of hydrogen-bond donors (Lipinski definition) is 2. The molecule has 2 aromatic carbocycles. The summed E-state index contributed by atoms with van der Waals surface area (Å²) >= 11 is 3.40. The van der Waals surface area contributed by atoms with Crippen LogP contribution in [0.2, 0.25) is 0 Å². The summed E-state index contributed by atoms with van der Waals surface area (Å²) in [4.78, 5) is 24.6. The molecule has 3 rings (SSSR count). The summed E-state index contributed by atoms with van der Waals surface area (Å²) in [5.41, 5.74) is 1.61. The number of carbonyl (C=O) groups is 2. The van der Waals surface area contributed by atoms with E-state index >= 15 is 0 Å². The van der Waals surface area contributed by atoms with Crippen molar-refractivity contribution in [3.63, 3.8) is 0 Å². The second kappa shape index (κ2) is 8.43. The monoisotopic (exact) mass is 432 g/mol. The van der Waals surface area contributed by atoms with Crippen molar-refractivity contribution in [2.45, 2.75) is 25.8 Å². The molecule has 1 fully saturated rings. The molecule has 0 bridgehead atoms. The van der Waals surface area contributed by atoms with Gasteiger partial charge in [0.25, 0.3) is 11.8 Å². The molecule has 142 valence electrons. The zero-order chi connectivity index (χ0) is 19.4. The zero-order valence-corrected chi connectivity index (χ0v) is 16.8. The molecule has 1 aliphatic carbocycles. The molecule has 0 saturated heterocycles. The first kappa shape index (κ1) is 19.2. The van der Waals surface area contributed by atoms with Crippen molar-refractivity contribution in [2.24, 2.45) is 0 Å². The largest absolute Gasteiger partial charge is 0.492 e. The molecular weight excluding hydrogens is 412 g/mol. The summed E-state index contributed by atoms with van der Waals surface area (Å²) < 4.78 is 11.5. The maximum absolute atomic E-state index is 12.6. The Morgan fingerprint density at radius 3 is 2.41 bits per heavy atom. The van der Waals surface area contributed by atoms with Crippen LogP contribution in [0.4, 0.5) is 5.69 Å². The molecule has 1 aliphatic rings. The molecule has 7 heteroatoms. The summed E-state index contributed by atoms with van der Waals surface area (Å²) in [7, 11) is 1.54. The van der Waals surface area contributed by atoms with E-state index < -0.39 is 0 Å². The van der Waals surface area contributed by atoms with Gasteiger partial charge in [-0.3, -0.25) is 9.59 Å². The first-order valence-electron chi connectivity index (χ1n) is 8.74. The topological polar surface area (TPSA) is 76.7 Å². The van der Waals surface area contributed by atoms with Gasteiger partial charge >= 0.3 is 0 Å². The fourth-order valence-corrected chi connectivity index (χ4v) is 3.17. The molecule has 0 heterocycles. The number of amides is 2. The number of halogens is 1. The standard InChI is InChI=1S/C20H21BrN2O4/c1-3-27-17-11-13(10-16(21)18(17)26-2)20(25)23-14-6-4-12(5-7-14)19(24)22-15-8-9-15/h4-7,10-11,15H,3,8-9H2,1-2H3,(H,22,24)(H,23,25). The minimum Gasteiger partial charge on any atom is -0.492 e. The van der Waals surface area contributed by atoms with Gasteiger partial charge in [-0.2, -0.15) is 0 Å². The summed E-state index contributed by atoms with van der Waals surface area (Å²) in [6, 6.07) is 10.4. The van der Waals surface area contributed by atoms with Crippen molar-refractivity contribution < 1.29 is 19.1 Å². The number of ether oxygens (including phenoxy) is 2. The van der Waals surface area contributed by atoms with Gasteiger partial charge in [0, 0.05) is 22.9 Å². The third-order valence-electron chi connectivity index (χ3n) is 4.09. The number of carbonyl (C=O) groups excluding carboxylic acids is 2. The average molecular weight is 433 g/mol. The molecule has 6 nitrogen and oxygen atoms in total. The van der Waals surface area contributed by atoms with Crippen LogP contribution in [0, 0.1) is 0 Å². The van der Waals surface area contributed by atoms with E-state index in [1.807, 2.05) is 6.92 Å². The molecular formula is C20H21BrN2O4. The number of rotatable bonds is 7. The number of nitrogens with one attached hydrogen (secondary N) is 2. The van der Waals surface area contributed by atoms with Gasteiger partial charge in [0.15, 0.2) is 11.5 Å². The SMILES string of the molecule is CCOc1cc(C(=O)Nc2ccc(C(=O)NC3CC3)cc2)cc(Br)c1OC. The van der Waals surface area contributed by atoms with E-state index in [1.54, 1.807) is 43.5 Å². The van der Waals surface area contributed by atoms with Gasteiger partial charge in [-0.05, 0) is 72.1 Å². The van der Waals surface area contributed by atoms with E-state index in [9.17, 15) is 9.59 Å². The third kappa shape index (κ3) is 4.80. The Kier molecular flexibility index (Phi) is 6.01. The smallest absolute Gasteiger partial charge is 0.255 e. The predicted molar refractivity (Wildman–Crippen MR) is 107 cm³/mol. The fourth-order valence-electron chi connectivity index (χ4n) is 2.56. The summed E-state index contributed by atoms with van der Waals surface area (Å²) in [6.07, 6.45) is 2.09. The van der Waals surface area contributed by atoms with E-state index in [2.05, 4.69) is 26.6 Å². The Bertz CT molecular complexity index is 848. The molecule has 2 aromatic rings. The Morgan fingerprint density at radius 1 is 1.11 bits per heavy atom. The quantitative estimate of drug-likeness (QED) is 0.692. The van der Waals surface area contributed by atoms with Crippen molar-refractivity contribution in [3.8, 4) is 11.5 Å². The van der Waals surface area contributed by atoms with Crippen molar-refractivity contribution in [2.75, 3.05) is 19.0 Å². The van der Waals surface area contributed by atoms with Crippen molar-refractivity contribution in [1.82, 2.24) is 5.32 Å². The Morgan fingerprint density at radius 2 is 1.81 bits per heavy atom. The molecule has 1 saturated carbocycles. The third-order valence-corrected chi connectivity index (χ3v) is 4.68. The lowest BCUT2D eigenvalue weighted by Crippen LogP contribution is -2.25. The lowest BCUT2D eigenvalue weighted by Gasteiger charge is -2.13. The zero-order valence-electron chi connectivity index (χ0n) is 15.2. The summed E-state index contributed by atoms with van der Waals surface area (Å²) in [5, 5.41) is 5.76. The van der Waals surface area contributed by atoms with Gasteiger partial charge in [-0.1, -0.05) is 0 Å². The molecule has 2 amide bonds. The van der Waals surface area contributed by atoms with E-state index in [1.165, 1.54) is 0 Å². The van der Waals surface area contributed by atoms with Gasteiger partial charge in [-0.15, -0.1) is 0 Å². The van der Waals surface area contributed by atoms with Crippen molar-refractivity contribution in [1.29, 1.82) is 0 Å². The second-order valence-electron chi connectivity index (χ2n) is 6.20. The normalized spacial score (nSPS) is 13.0. The lowest BCUT2D eigenvalue weighted by molar-refractivity contribution is 0.0950. The number of anilines is 1. The predicted octanol–water partition coefficient (Wildman–Crippen LogP) is 4.00. The highest BCUT2D eigenvalue weighted by atomic mass is 79.9. The fraction of sp³-hybridized carbons (Fsp3) is 0.300. The van der Waals surface area contributed by atoms with Crippen molar-refractivity contribution >= 4 is 33.4 Å². The van der Waals surface area contributed by atoms with Crippen LogP contribution < -0.4 is 20.1 Å². The maximum Gasteiger partial charge on any atom is 0.255 e. The highest BCUT2D eigenvalue weighted by molar-refractivity contribution is 9.10. The highest BCUT2D eigenvalue weighted by Crippen LogP contribution is 2.36. The van der Waals surface area contributed by atoms with Crippen LogP contribution in [0.25, 0.3) is 0 Å². The van der Waals surface area contributed by atoms with Gasteiger partial charge in [-0.25, -0.2) is 0 Å². The van der Waals surface area contributed by atoms with Crippen LogP contribution in [0.5, 0.6) is 11.5 Å². The Hall–Kier alpha value is -2.54. The second-order valence-corrected chi connectivity index (χ2v) is 7.06.